The lowest BCUT2D eigenvalue weighted by Crippen LogP contribution is -2.18. The molecule has 32 heavy (non-hydrogen) atoms. The van der Waals surface area contributed by atoms with Crippen molar-refractivity contribution in [3.05, 3.63) is 77.2 Å². The van der Waals surface area contributed by atoms with Crippen molar-refractivity contribution >= 4 is 5.97 Å². The highest BCUT2D eigenvalue weighted by Crippen LogP contribution is 2.33. The third-order valence-corrected chi connectivity index (χ3v) is 4.80. The minimum absolute atomic E-state index is 0.142. The molecule has 9 heteroatoms. The number of carboxylic acids is 1. The highest BCUT2D eigenvalue weighted by molar-refractivity contribution is 5.68. The number of ether oxygens (including phenoxy) is 2. The van der Waals surface area contributed by atoms with E-state index in [-0.39, 0.29) is 24.7 Å². The molecule has 0 saturated carbocycles. The Morgan fingerprint density at radius 2 is 1.84 bits per heavy atom. The van der Waals surface area contributed by atoms with Crippen molar-refractivity contribution < 1.29 is 37.1 Å². The van der Waals surface area contributed by atoms with E-state index in [0.717, 1.165) is 5.56 Å². The summed E-state index contributed by atoms with van der Waals surface area (Å²) in [6.07, 6.45) is -3.51. The van der Waals surface area contributed by atoms with Crippen LogP contribution in [0.4, 0.5) is 13.2 Å². The average Bonchev–Trinajstić information content (AvgIpc) is 3.25. The molecule has 3 aromatic rings. The van der Waals surface area contributed by atoms with Gasteiger partial charge in [0.1, 0.15) is 24.4 Å². The van der Waals surface area contributed by atoms with Gasteiger partial charge >= 0.3 is 12.3 Å². The van der Waals surface area contributed by atoms with Gasteiger partial charge < -0.3 is 19.1 Å². The van der Waals surface area contributed by atoms with E-state index in [9.17, 15) is 23.1 Å². The number of alkyl halides is 3. The van der Waals surface area contributed by atoms with E-state index in [4.69, 9.17) is 9.26 Å². The van der Waals surface area contributed by atoms with Crippen LogP contribution in [0.25, 0.3) is 0 Å². The highest BCUT2D eigenvalue weighted by Gasteiger charge is 2.32. The van der Waals surface area contributed by atoms with Crippen LogP contribution in [0.15, 0.2) is 59.3 Å². The normalized spacial score (nSPS) is 12.6. The van der Waals surface area contributed by atoms with E-state index in [0.29, 0.717) is 22.6 Å². The first-order valence-electron chi connectivity index (χ1n) is 9.86. The number of hydrogen-bond donors (Lipinski definition) is 1. The van der Waals surface area contributed by atoms with Gasteiger partial charge in [-0.1, -0.05) is 37.2 Å². The summed E-state index contributed by atoms with van der Waals surface area (Å²) in [7, 11) is 0. The highest BCUT2D eigenvalue weighted by atomic mass is 19.4. The third-order valence-electron chi connectivity index (χ3n) is 4.80. The smallest absolute Gasteiger partial charge is 0.489 e. The monoisotopic (exact) mass is 449 g/mol. The largest absolute Gasteiger partial charge is 0.573 e. The van der Waals surface area contributed by atoms with Crippen LogP contribution in [0, 0.1) is 0 Å². The quantitative estimate of drug-likeness (QED) is 0.439. The topological polar surface area (TPSA) is 81.8 Å². The Morgan fingerprint density at radius 1 is 1.12 bits per heavy atom. The van der Waals surface area contributed by atoms with Crippen molar-refractivity contribution in [2.75, 3.05) is 0 Å². The Morgan fingerprint density at radius 3 is 2.41 bits per heavy atom. The van der Waals surface area contributed by atoms with Gasteiger partial charge in [-0.05, 0) is 46.9 Å². The van der Waals surface area contributed by atoms with Gasteiger partial charge in [0.2, 0.25) is 0 Å². The lowest BCUT2D eigenvalue weighted by atomic mass is 9.92. The van der Waals surface area contributed by atoms with E-state index in [1.807, 2.05) is 0 Å². The number of rotatable bonds is 9. The summed E-state index contributed by atoms with van der Waals surface area (Å²) in [6.45, 7) is 3.71. The molecule has 3 rings (SSSR count). The molecule has 1 atom stereocenters. The Labute approximate surface area is 182 Å². The zero-order chi connectivity index (χ0) is 23.3. The second kappa shape index (κ2) is 9.76. The van der Waals surface area contributed by atoms with Crippen molar-refractivity contribution in [1.29, 1.82) is 0 Å². The fourth-order valence-corrected chi connectivity index (χ4v) is 3.29. The van der Waals surface area contributed by atoms with Gasteiger partial charge in [0.25, 0.3) is 0 Å². The molecule has 6 nitrogen and oxygen atoms in total. The van der Waals surface area contributed by atoms with E-state index in [2.05, 4.69) is 9.89 Å². The Kier molecular flexibility index (Phi) is 7.07. The van der Waals surface area contributed by atoms with E-state index < -0.39 is 18.2 Å². The van der Waals surface area contributed by atoms with E-state index in [1.54, 1.807) is 50.2 Å². The first-order chi connectivity index (χ1) is 15.1. The zero-order valence-electron chi connectivity index (χ0n) is 17.4. The lowest BCUT2D eigenvalue weighted by Gasteiger charge is -2.17. The van der Waals surface area contributed by atoms with Crippen molar-refractivity contribution in [1.82, 2.24) is 5.16 Å². The second-order valence-corrected chi connectivity index (χ2v) is 7.51. The minimum atomic E-state index is -4.76. The van der Waals surface area contributed by atoms with Gasteiger partial charge in [-0.25, -0.2) is 0 Å². The maximum Gasteiger partial charge on any atom is 0.573 e. The molecule has 2 aromatic carbocycles. The maximum absolute atomic E-state index is 12.6. The summed E-state index contributed by atoms with van der Waals surface area (Å²) in [5.41, 5.74) is 2.38. The van der Waals surface area contributed by atoms with E-state index in [1.165, 1.54) is 18.4 Å². The number of carboxylic acid groups (broad SMARTS) is 1. The number of hydrogen-bond acceptors (Lipinski definition) is 5. The molecular formula is C23H22F3NO5. The van der Waals surface area contributed by atoms with Crippen LogP contribution in [0.1, 0.15) is 54.5 Å². The molecule has 0 aliphatic heterocycles. The Balaban J connectivity index is 1.71. The summed E-state index contributed by atoms with van der Waals surface area (Å²) in [5.74, 6) is -1.29. The molecule has 0 aliphatic carbocycles. The van der Waals surface area contributed by atoms with Crippen LogP contribution in [0.5, 0.6) is 11.5 Å². The van der Waals surface area contributed by atoms with Gasteiger partial charge in [-0.15, -0.1) is 13.2 Å². The first-order valence-corrected chi connectivity index (χ1v) is 9.86. The molecule has 1 aromatic heterocycles. The molecule has 0 amide bonds. The molecule has 0 fully saturated rings. The van der Waals surface area contributed by atoms with Crippen LogP contribution < -0.4 is 9.47 Å². The van der Waals surface area contributed by atoms with Crippen molar-refractivity contribution in [3.63, 3.8) is 0 Å². The molecule has 0 unspecified atom stereocenters. The molecular weight excluding hydrogens is 427 g/mol. The molecule has 0 saturated heterocycles. The predicted molar refractivity (Wildman–Crippen MR) is 109 cm³/mol. The van der Waals surface area contributed by atoms with Crippen LogP contribution in [0.2, 0.25) is 0 Å². The number of carbonyl (C=O) groups is 1. The summed E-state index contributed by atoms with van der Waals surface area (Å²) >= 11 is 0. The fourth-order valence-electron chi connectivity index (χ4n) is 3.29. The summed E-state index contributed by atoms with van der Waals surface area (Å²) in [6, 6.07) is 13.0. The number of nitrogens with zero attached hydrogens (tertiary/aromatic N) is 1. The van der Waals surface area contributed by atoms with Crippen LogP contribution >= 0.6 is 0 Å². The first kappa shape index (κ1) is 23.2. The van der Waals surface area contributed by atoms with Gasteiger partial charge in [-0.3, -0.25) is 4.79 Å². The minimum Gasteiger partial charge on any atom is -0.489 e. The molecule has 0 radical (unpaired) electrons. The molecule has 170 valence electrons. The van der Waals surface area contributed by atoms with Crippen LogP contribution in [-0.2, 0) is 11.4 Å². The standard InChI is InChI=1S/C23H22F3NO5/c1-14(2)18-11-15(3-8-21(18)32-23(24,25)26)13-30-17-6-4-16(5-7-17)19(12-22(28)29)20-9-10-31-27-20/h3-11,14,19H,12-13H2,1-2H3,(H,28,29)/t19-/m0/s1. The van der Waals surface area contributed by atoms with Gasteiger partial charge in [0, 0.05) is 12.0 Å². The van der Waals surface area contributed by atoms with E-state index >= 15 is 0 Å². The summed E-state index contributed by atoms with van der Waals surface area (Å²) in [5, 5.41) is 13.0. The van der Waals surface area contributed by atoms with Gasteiger partial charge in [0.15, 0.2) is 0 Å². The van der Waals surface area contributed by atoms with Crippen molar-refractivity contribution in [2.24, 2.45) is 0 Å². The van der Waals surface area contributed by atoms with Crippen LogP contribution in [0.3, 0.4) is 0 Å². The second-order valence-electron chi connectivity index (χ2n) is 7.51. The average molecular weight is 449 g/mol. The fraction of sp³-hybridized carbons (Fsp3) is 0.304. The lowest BCUT2D eigenvalue weighted by molar-refractivity contribution is -0.275. The van der Waals surface area contributed by atoms with Gasteiger partial charge in [0.05, 0.1) is 12.1 Å². The SMILES string of the molecule is CC(C)c1cc(COc2ccc([C@H](CC(=O)O)c3ccon3)cc2)ccc1OC(F)(F)F. The number of halogens is 3. The molecule has 0 bridgehead atoms. The number of aliphatic carboxylic acids is 1. The van der Waals surface area contributed by atoms with Crippen LogP contribution in [-0.4, -0.2) is 22.6 Å². The van der Waals surface area contributed by atoms with Crippen molar-refractivity contribution in [3.8, 4) is 11.5 Å². The maximum atomic E-state index is 12.6. The Bertz CT molecular complexity index is 1030. The number of aromatic nitrogens is 1. The Hall–Kier alpha value is -3.49. The molecule has 0 spiro atoms. The number of benzene rings is 2. The molecule has 1 N–H and O–H groups in total. The molecule has 0 aliphatic rings. The van der Waals surface area contributed by atoms with Gasteiger partial charge in [-0.2, -0.15) is 0 Å². The summed E-state index contributed by atoms with van der Waals surface area (Å²) < 4.78 is 52.5. The van der Waals surface area contributed by atoms with Crippen molar-refractivity contribution in [2.45, 2.75) is 45.1 Å². The third kappa shape index (κ3) is 6.26. The summed E-state index contributed by atoms with van der Waals surface area (Å²) in [4.78, 5) is 11.2. The molecule has 1 heterocycles. The zero-order valence-corrected chi connectivity index (χ0v) is 17.4. The predicted octanol–water partition coefficient (Wildman–Crippen LogP) is 5.88.